The largest absolute Gasteiger partial charge is 0.355 e. The van der Waals surface area contributed by atoms with Gasteiger partial charge in [-0.1, -0.05) is 44.2 Å². The van der Waals surface area contributed by atoms with Crippen molar-refractivity contribution in [2.45, 2.75) is 32.6 Å². The van der Waals surface area contributed by atoms with Crippen LogP contribution in [0.1, 0.15) is 59.0 Å². The van der Waals surface area contributed by atoms with Crippen molar-refractivity contribution in [1.82, 2.24) is 15.5 Å². The molecule has 0 saturated carbocycles. The summed E-state index contributed by atoms with van der Waals surface area (Å²) in [6, 6.07) is 9.45. The van der Waals surface area contributed by atoms with Crippen molar-refractivity contribution in [3.8, 4) is 0 Å². The van der Waals surface area contributed by atoms with E-state index in [1.807, 2.05) is 44.2 Å². The van der Waals surface area contributed by atoms with E-state index in [0.717, 1.165) is 11.3 Å². The number of hydrogen-bond donors (Lipinski definition) is 2. The molecule has 0 saturated heterocycles. The summed E-state index contributed by atoms with van der Waals surface area (Å²) in [7, 11) is 0. The van der Waals surface area contributed by atoms with Gasteiger partial charge in [0.1, 0.15) is 5.69 Å². The lowest BCUT2D eigenvalue weighted by Crippen LogP contribution is -2.42. The van der Waals surface area contributed by atoms with Gasteiger partial charge in [-0.15, -0.1) is 0 Å². The molecule has 28 heavy (non-hydrogen) atoms. The number of aromatic amines is 1. The number of dihydropyridines is 1. The van der Waals surface area contributed by atoms with E-state index < -0.39 is 5.92 Å². The number of aromatic nitrogens is 2. The van der Waals surface area contributed by atoms with Crippen LogP contribution in [-0.4, -0.2) is 27.5 Å². The molecule has 2 heterocycles. The average molecular weight is 373 g/mol. The molecule has 2 aliphatic carbocycles. The van der Waals surface area contributed by atoms with Crippen molar-refractivity contribution in [3.63, 3.8) is 0 Å². The Bertz CT molecular complexity index is 1120. The maximum absolute atomic E-state index is 13.3. The highest BCUT2D eigenvalue weighted by atomic mass is 16.1. The lowest BCUT2D eigenvalue weighted by atomic mass is 9.66. The first kappa shape index (κ1) is 16.9. The number of nitrogens with zero attached hydrogens (tertiary/aromatic N) is 1. The summed E-state index contributed by atoms with van der Waals surface area (Å²) >= 11 is 0. The first-order valence-electron chi connectivity index (χ1n) is 9.32. The molecule has 0 spiro atoms. The summed E-state index contributed by atoms with van der Waals surface area (Å²) in [5, 5.41) is 9.72. The summed E-state index contributed by atoms with van der Waals surface area (Å²) in [5.74, 6) is -1.08. The van der Waals surface area contributed by atoms with E-state index in [4.69, 9.17) is 0 Å². The Kier molecular flexibility index (Phi) is 3.38. The highest BCUT2D eigenvalue weighted by molar-refractivity contribution is 6.27. The third-order valence-corrected chi connectivity index (χ3v) is 5.76. The van der Waals surface area contributed by atoms with Gasteiger partial charge in [-0.2, -0.15) is 5.10 Å². The zero-order valence-electron chi connectivity index (χ0n) is 15.6. The van der Waals surface area contributed by atoms with Crippen LogP contribution < -0.4 is 5.32 Å². The molecule has 0 radical (unpaired) electrons. The average Bonchev–Trinajstić information content (AvgIpc) is 3.14. The quantitative estimate of drug-likeness (QED) is 0.801. The van der Waals surface area contributed by atoms with Gasteiger partial charge in [-0.3, -0.25) is 19.5 Å². The molecule has 1 aliphatic heterocycles. The number of rotatable bonds is 1. The Morgan fingerprint density at radius 2 is 1.75 bits per heavy atom. The van der Waals surface area contributed by atoms with Crippen LogP contribution in [-0.2, 0) is 4.79 Å². The molecule has 0 bridgehead atoms. The topological polar surface area (TPSA) is 91.9 Å². The van der Waals surface area contributed by atoms with Crippen molar-refractivity contribution in [1.29, 1.82) is 0 Å². The fraction of sp³-hybridized carbons (Fsp3) is 0.273. The van der Waals surface area contributed by atoms with E-state index in [9.17, 15) is 14.4 Å². The second-order valence-corrected chi connectivity index (χ2v) is 8.41. The van der Waals surface area contributed by atoms with Gasteiger partial charge in [0.05, 0.1) is 17.5 Å². The summed E-state index contributed by atoms with van der Waals surface area (Å²) in [6.07, 6.45) is 2.45. The summed E-state index contributed by atoms with van der Waals surface area (Å²) in [5.41, 5.74) is 3.06. The van der Waals surface area contributed by atoms with Gasteiger partial charge in [0.2, 0.25) is 11.6 Å². The second-order valence-electron chi connectivity index (χ2n) is 8.41. The Morgan fingerprint density at radius 3 is 2.50 bits per heavy atom. The molecule has 5 rings (SSSR count). The molecule has 6 heteroatoms. The predicted molar refractivity (Wildman–Crippen MR) is 102 cm³/mol. The molecular weight excluding hydrogens is 354 g/mol. The van der Waals surface area contributed by atoms with E-state index in [1.54, 1.807) is 0 Å². The Hall–Kier alpha value is -3.28. The molecule has 140 valence electrons. The lowest BCUT2D eigenvalue weighted by Gasteiger charge is -2.40. The van der Waals surface area contributed by atoms with Gasteiger partial charge in [0, 0.05) is 29.2 Å². The van der Waals surface area contributed by atoms with E-state index in [0.29, 0.717) is 24.0 Å². The normalized spacial score (nSPS) is 23.2. The van der Waals surface area contributed by atoms with Crippen LogP contribution >= 0.6 is 0 Å². The molecule has 3 aliphatic rings. The van der Waals surface area contributed by atoms with Crippen LogP contribution in [0.3, 0.4) is 0 Å². The minimum absolute atomic E-state index is 0.0230. The van der Waals surface area contributed by atoms with Gasteiger partial charge < -0.3 is 5.32 Å². The van der Waals surface area contributed by atoms with Crippen LogP contribution in [0, 0.1) is 5.41 Å². The van der Waals surface area contributed by atoms with E-state index in [-0.39, 0.29) is 39.7 Å². The maximum Gasteiger partial charge on any atom is 0.213 e. The van der Waals surface area contributed by atoms with Crippen LogP contribution in [0.15, 0.2) is 59.1 Å². The number of carbonyl (C=O) groups is 3. The van der Waals surface area contributed by atoms with Crippen molar-refractivity contribution in [3.05, 3.63) is 75.9 Å². The van der Waals surface area contributed by atoms with Crippen LogP contribution in [0.25, 0.3) is 0 Å². The minimum Gasteiger partial charge on any atom is -0.355 e. The van der Waals surface area contributed by atoms with Crippen molar-refractivity contribution < 1.29 is 14.4 Å². The minimum atomic E-state index is -0.552. The SMILES string of the molecule is CC1(C)CC(=O)C2=C(C1)NC1=C(C(=O)c3[nH]ncc3C1=O)C2c1ccccc1. The first-order chi connectivity index (χ1) is 13.4. The molecule has 1 unspecified atom stereocenters. The lowest BCUT2D eigenvalue weighted by molar-refractivity contribution is -0.118. The monoisotopic (exact) mass is 373 g/mol. The van der Waals surface area contributed by atoms with Crippen molar-refractivity contribution in [2.75, 3.05) is 0 Å². The van der Waals surface area contributed by atoms with Crippen molar-refractivity contribution >= 4 is 17.3 Å². The highest BCUT2D eigenvalue weighted by Gasteiger charge is 2.47. The van der Waals surface area contributed by atoms with Gasteiger partial charge in [0.15, 0.2) is 5.78 Å². The number of benzene rings is 1. The third kappa shape index (κ3) is 2.27. The Morgan fingerprint density at radius 1 is 1.00 bits per heavy atom. The van der Waals surface area contributed by atoms with Gasteiger partial charge in [-0.05, 0) is 17.4 Å². The molecule has 2 aromatic rings. The van der Waals surface area contributed by atoms with Gasteiger partial charge in [-0.25, -0.2) is 0 Å². The molecule has 2 N–H and O–H groups in total. The first-order valence-corrected chi connectivity index (χ1v) is 9.32. The predicted octanol–water partition coefficient (Wildman–Crippen LogP) is 3.07. The standard InChI is InChI=1S/C22H19N3O3/c1-22(2)8-13-16(14(26)9-22)15(11-6-4-3-5-7-11)17-19(24-13)20(27)12-10-23-25-18(12)21(17)28/h3-7,10,15,24H,8-9H2,1-2H3,(H,23,25). The molecule has 0 fully saturated rings. The van der Waals surface area contributed by atoms with Gasteiger partial charge >= 0.3 is 0 Å². The molecule has 1 atom stereocenters. The fourth-order valence-electron chi connectivity index (χ4n) is 4.59. The van der Waals surface area contributed by atoms with E-state index in [1.165, 1.54) is 6.20 Å². The summed E-state index contributed by atoms with van der Waals surface area (Å²) in [6.45, 7) is 4.08. The van der Waals surface area contributed by atoms with Crippen LogP contribution in [0.4, 0.5) is 0 Å². The second kappa shape index (κ2) is 5.61. The van der Waals surface area contributed by atoms with E-state index in [2.05, 4.69) is 15.5 Å². The van der Waals surface area contributed by atoms with Crippen molar-refractivity contribution in [2.24, 2.45) is 5.41 Å². The molecule has 1 aromatic heterocycles. The zero-order valence-corrected chi connectivity index (χ0v) is 15.6. The number of ketones is 3. The third-order valence-electron chi connectivity index (χ3n) is 5.76. The number of carbonyl (C=O) groups excluding carboxylic acids is 3. The number of nitrogens with one attached hydrogen (secondary N) is 2. The molecule has 1 aromatic carbocycles. The molecular formula is C22H19N3O3. The molecule has 6 nitrogen and oxygen atoms in total. The van der Waals surface area contributed by atoms with E-state index >= 15 is 0 Å². The number of allylic oxidation sites excluding steroid dienone is 4. The highest BCUT2D eigenvalue weighted by Crippen LogP contribution is 2.48. The summed E-state index contributed by atoms with van der Waals surface area (Å²) in [4.78, 5) is 39.6. The zero-order chi connectivity index (χ0) is 19.6. The number of hydrogen-bond acceptors (Lipinski definition) is 5. The van der Waals surface area contributed by atoms with Crippen LogP contribution in [0.5, 0.6) is 0 Å². The molecule has 0 amide bonds. The number of Topliss-reactive ketones (excluding diaryl/α,β-unsaturated/α-hetero) is 3. The smallest absolute Gasteiger partial charge is 0.213 e. The Balaban J connectivity index is 1.76. The Labute approximate surface area is 161 Å². The van der Waals surface area contributed by atoms with Gasteiger partial charge in [0.25, 0.3) is 0 Å². The maximum atomic E-state index is 13.3. The number of H-pyrrole nitrogens is 1. The fourth-order valence-corrected chi connectivity index (χ4v) is 4.59. The number of fused-ring (bicyclic) bond motifs is 1. The summed E-state index contributed by atoms with van der Waals surface area (Å²) < 4.78 is 0. The van der Waals surface area contributed by atoms with Crippen LogP contribution in [0.2, 0.25) is 0 Å².